The molecule has 2 atom stereocenters. The third-order valence-corrected chi connectivity index (χ3v) is 3.45. The maximum absolute atomic E-state index is 9.44. The predicted octanol–water partition coefficient (Wildman–Crippen LogP) is 0.318. The first-order valence-electron chi connectivity index (χ1n) is 5.63. The van der Waals surface area contributed by atoms with Crippen LogP contribution < -0.4 is 10.6 Å². The molecule has 3 N–H and O–H groups in total. The molecule has 1 saturated heterocycles. The Balaban J connectivity index is 2.37. The molecule has 0 aromatic carbocycles. The predicted molar refractivity (Wildman–Crippen MR) is 69.9 cm³/mol. The van der Waals surface area contributed by atoms with Crippen LogP contribution in [0, 0.1) is 5.92 Å². The van der Waals surface area contributed by atoms with Crippen LogP contribution in [0.4, 0.5) is 5.82 Å². The van der Waals surface area contributed by atoms with E-state index >= 15 is 0 Å². The molecule has 1 aromatic rings. The molecule has 0 aliphatic carbocycles. The van der Waals surface area contributed by atoms with E-state index in [1.54, 1.807) is 12.4 Å². The summed E-state index contributed by atoms with van der Waals surface area (Å²) in [5.41, 5.74) is 6.18. The van der Waals surface area contributed by atoms with Gasteiger partial charge < -0.3 is 15.7 Å². The second kappa shape index (κ2) is 4.93. The van der Waals surface area contributed by atoms with Crippen LogP contribution in [0.15, 0.2) is 12.4 Å². The number of rotatable bonds is 3. The molecule has 2 heterocycles. The molecule has 92 valence electrons. The Bertz CT molecular complexity index is 426. The van der Waals surface area contributed by atoms with E-state index in [2.05, 4.69) is 16.9 Å². The van der Waals surface area contributed by atoms with Crippen LogP contribution in [-0.4, -0.2) is 39.3 Å². The first-order chi connectivity index (χ1) is 8.15. The van der Waals surface area contributed by atoms with E-state index < -0.39 is 0 Å². The number of hydrogen-bond donors (Lipinski definition) is 2. The van der Waals surface area contributed by atoms with Crippen molar-refractivity contribution >= 4 is 23.0 Å². The molecular formula is C11H16N4OS. The van der Waals surface area contributed by atoms with Gasteiger partial charge in [-0.3, -0.25) is 0 Å². The molecule has 1 aliphatic heterocycles. The van der Waals surface area contributed by atoms with Crippen molar-refractivity contribution in [3.8, 4) is 0 Å². The number of aliphatic hydroxyl groups excluding tert-OH is 1. The zero-order valence-electron chi connectivity index (χ0n) is 9.71. The molecule has 6 heteroatoms. The van der Waals surface area contributed by atoms with Gasteiger partial charge in [-0.2, -0.15) is 0 Å². The molecule has 0 amide bonds. The van der Waals surface area contributed by atoms with E-state index in [0.29, 0.717) is 17.4 Å². The summed E-state index contributed by atoms with van der Waals surface area (Å²) in [6, 6.07) is 0.0693. The normalized spacial score (nSPS) is 24.0. The maximum Gasteiger partial charge on any atom is 0.157 e. The lowest BCUT2D eigenvalue weighted by Gasteiger charge is -2.27. The highest BCUT2D eigenvalue weighted by Gasteiger charge is 2.33. The minimum absolute atomic E-state index is 0.0693. The monoisotopic (exact) mass is 252 g/mol. The fourth-order valence-electron chi connectivity index (χ4n) is 2.26. The average Bonchev–Trinajstić information content (AvgIpc) is 2.70. The molecule has 2 unspecified atom stereocenters. The van der Waals surface area contributed by atoms with E-state index in [9.17, 15) is 5.11 Å². The van der Waals surface area contributed by atoms with Gasteiger partial charge >= 0.3 is 0 Å². The van der Waals surface area contributed by atoms with Gasteiger partial charge in [0.25, 0.3) is 0 Å². The Kier molecular flexibility index (Phi) is 3.54. The second-order valence-electron chi connectivity index (χ2n) is 4.30. The van der Waals surface area contributed by atoms with E-state index in [0.717, 1.165) is 13.0 Å². The van der Waals surface area contributed by atoms with Crippen molar-refractivity contribution in [3.05, 3.63) is 18.1 Å². The maximum atomic E-state index is 9.44. The van der Waals surface area contributed by atoms with Crippen LogP contribution in [-0.2, 0) is 0 Å². The Morgan fingerprint density at radius 3 is 2.94 bits per heavy atom. The number of nitrogens with two attached hydrogens (primary N) is 1. The molecular weight excluding hydrogens is 236 g/mol. The second-order valence-corrected chi connectivity index (χ2v) is 4.74. The van der Waals surface area contributed by atoms with E-state index in [1.165, 1.54) is 0 Å². The average molecular weight is 252 g/mol. The standard InChI is InChI=1S/C11H16N4OS/c1-7-2-5-15(8(7)6-16)11-9(10(12)17)13-3-4-14-11/h3-4,7-8,16H,2,5-6H2,1H3,(H2,12,17). The van der Waals surface area contributed by atoms with Crippen LogP contribution in [0.3, 0.4) is 0 Å². The molecule has 0 radical (unpaired) electrons. The number of aromatic nitrogens is 2. The quantitative estimate of drug-likeness (QED) is 0.755. The number of thiocarbonyl (C=S) groups is 1. The van der Waals surface area contributed by atoms with Crippen molar-refractivity contribution in [2.24, 2.45) is 11.7 Å². The Morgan fingerprint density at radius 1 is 1.59 bits per heavy atom. The number of anilines is 1. The summed E-state index contributed by atoms with van der Waals surface area (Å²) in [6.45, 7) is 3.08. The van der Waals surface area contributed by atoms with Crippen molar-refractivity contribution in [3.63, 3.8) is 0 Å². The summed E-state index contributed by atoms with van der Waals surface area (Å²) >= 11 is 4.98. The fourth-order valence-corrected chi connectivity index (χ4v) is 2.41. The molecule has 0 bridgehead atoms. The Labute approximate surface area is 106 Å². The molecule has 17 heavy (non-hydrogen) atoms. The summed E-state index contributed by atoms with van der Waals surface area (Å²) in [5.74, 6) is 1.12. The van der Waals surface area contributed by atoms with Crippen molar-refractivity contribution in [2.75, 3.05) is 18.1 Å². The van der Waals surface area contributed by atoms with Crippen molar-refractivity contribution in [2.45, 2.75) is 19.4 Å². The van der Waals surface area contributed by atoms with E-state index in [4.69, 9.17) is 18.0 Å². The highest BCUT2D eigenvalue weighted by molar-refractivity contribution is 7.80. The van der Waals surface area contributed by atoms with Gasteiger partial charge in [-0.05, 0) is 12.3 Å². The Hall–Kier alpha value is -1.27. The van der Waals surface area contributed by atoms with Crippen LogP contribution in [0.1, 0.15) is 19.0 Å². The van der Waals surface area contributed by atoms with Crippen molar-refractivity contribution in [1.29, 1.82) is 0 Å². The summed E-state index contributed by atoms with van der Waals surface area (Å²) in [4.78, 5) is 10.8. The third kappa shape index (κ3) is 2.23. The fraction of sp³-hybridized carbons (Fsp3) is 0.545. The van der Waals surface area contributed by atoms with Crippen LogP contribution in [0.25, 0.3) is 0 Å². The molecule has 1 fully saturated rings. The summed E-state index contributed by atoms with van der Waals surface area (Å²) in [5, 5.41) is 9.44. The minimum atomic E-state index is 0.0693. The van der Waals surface area contributed by atoms with Crippen LogP contribution in [0.2, 0.25) is 0 Å². The van der Waals surface area contributed by atoms with Gasteiger partial charge in [0, 0.05) is 18.9 Å². The number of aliphatic hydroxyl groups is 1. The SMILES string of the molecule is CC1CCN(c2nccnc2C(N)=S)C1CO. The van der Waals surface area contributed by atoms with Gasteiger partial charge in [0.1, 0.15) is 10.7 Å². The summed E-state index contributed by atoms with van der Waals surface area (Å²) in [7, 11) is 0. The molecule has 1 aromatic heterocycles. The minimum Gasteiger partial charge on any atom is -0.394 e. The van der Waals surface area contributed by atoms with Gasteiger partial charge in [-0.25, -0.2) is 9.97 Å². The number of nitrogens with zero attached hydrogens (tertiary/aromatic N) is 3. The topological polar surface area (TPSA) is 75.3 Å². The third-order valence-electron chi connectivity index (χ3n) is 3.25. The van der Waals surface area contributed by atoms with Gasteiger partial charge in [-0.1, -0.05) is 19.1 Å². The van der Waals surface area contributed by atoms with Crippen molar-refractivity contribution < 1.29 is 5.11 Å². The van der Waals surface area contributed by atoms with Crippen LogP contribution in [0.5, 0.6) is 0 Å². The van der Waals surface area contributed by atoms with E-state index in [1.807, 2.05) is 4.90 Å². The highest BCUT2D eigenvalue weighted by atomic mass is 32.1. The van der Waals surface area contributed by atoms with Gasteiger partial charge in [-0.15, -0.1) is 0 Å². The largest absolute Gasteiger partial charge is 0.394 e. The van der Waals surface area contributed by atoms with Gasteiger partial charge in [0.05, 0.1) is 12.6 Å². The first-order valence-corrected chi connectivity index (χ1v) is 6.04. The molecule has 0 saturated carbocycles. The van der Waals surface area contributed by atoms with Crippen molar-refractivity contribution in [1.82, 2.24) is 9.97 Å². The van der Waals surface area contributed by atoms with Gasteiger partial charge in [0.15, 0.2) is 5.82 Å². The van der Waals surface area contributed by atoms with Gasteiger partial charge in [0.2, 0.25) is 0 Å². The molecule has 5 nitrogen and oxygen atoms in total. The highest BCUT2D eigenvalue weighted by Crippen LogP contribution is 2.29. The molecule has 2 rings (SSSR count). The number of hydrogen-bond acceptors (Lipinski definition) is 5. The molecule has 0 spiro atoms. The zero-order chi connectivity index (χ0) is 12.4. The lowest BCUT2D eigenvalue weighted by atomic mass is 10.0. The molecule has 1 aliphatic rings. The van der Waals surface area contributed by atoms with E-state index in [-0.39, 0.29) is 17.6 Å². The smallest absolute Gasteiger partial charge is 0.157 e. The summed E-state index contributed by atoms with van der Waals surface area (Å²) in [6.07, 6.45) is 4.22. The van der Waals surface area contributed by atoms with Crippen LogP contribution >= 0.6 is 12.2 Å². The Morgan fingerprint density at radius 2 is 2.29 bits per heavy atom. The zero-order valence-corrected chi connectivity index (χ0v) is 10.5. The first kappa shape index (κ1) is 12.2. The lowest BCUT2D eigenvalue weighted by Crippen LogP contribution is -2.37. The lowest BCUT2D eigenvalue weighted by molar-refractivity contribution is 0.244. The summed E-state index contributed by atoms with van der Waals surface area (Å²) < 4.78 is 0.